The smallest absolute Gasteiger partial charge is 0.0603 e. The second kappa shape index (κ2) is 1.74. The minimum atomic E-state index is -0.228. The maximum absolute atomic E-state index is 9.39. The predicted molar refractivity (Wildman–Crippen MR) is 37.5 cm³/mol. The molecule has 10 heavy (non-hydrogen) atoms. The highest BCUT2D eigenvalue weighted by atomic mass is 16.3. The molecule has 0 heterocycles. The Morgan fingerprint density at radius 1 is 1.30 bits per heavy atom. The van der Waals surface area contributed by atoms with Gasteiger partial charge in [0.2, 0.25) is 0 Å². The van der Waals surface area contributed by atoms with Crippen molar-refractivity contribution in [1.82, 2.24) is 0 Å². The van der Waals surface area contributed by atoms with Crippen molar-refractivity contribution in [3.63, 3.8) is 0 Å². The van der Waals surface area contributed by atoms with Crippen molar-refractivity contribution in [3.8, 4) is 0 Å². The molecule has 2 N–H and O–H groups in total. The van der Waals surface area contributed by atoms with Crippen LogP contribution in [0.5, 0.6) is 0 Å². The fourth-order valence-electron chi connectivity index (χ4n) is 2.69. The fraction of sp³-hybridized carbons (Fsp3) is 1.00. The Balaban J connectivity index is 2.16. The first kappa shape index (κ1) is 6.62. The summed E-state index contributed by atoms with van der Waals surface area (Å²) < 4.78 is 0. The van der Waals surface area contributed by atoms with Gasteiger partial charge in [0.1, 0.15) is 0 Å². The summed E-state index contributed by atoms with van der Waals surface area (Å²) in [6, 6.07) is 0. The lowest BCUT2D eigenvalue weighted by molar-refractivity contribution is -0.113. The molecule has 2 aliphatic rings. The van der Waals surface area contributed by atoms with Gasteiger partial charge >= 0.3 is 0 Å². The number of hydrogen-bond acceptors (Lipinski definition) is 2. The van der Waals surface area contributed by atoms with E-state index in [2.05, 4.69) is 6.92 Å². The lowest BCUT2D eigenvalue weighted by Crippen LogP contribution is -2.50. The van der Waals surface area contributed by atoms with Crippen molar-refractivity contribution < 1.29 is 10.2 Å². The molecule has 2 fully saturated rings. The van der Waals surface area contributed by atoms with Gasteiger partial charge in [-0.1, -0.05) is 6.92 Å². The van der Waals surface area contributed by atoms with Crippen LogP contribution in [0, 0.1) is 11.3 Å². The van der Waals surface area contributed by atoms with Gasteiger partial charge in [-0.25, -0.2) is 0 Å². The lowest BCUT2D eigenvalue weighted by Gasteiger charge is -2.47. The molecule has 0 saturated heterocycles. The molecule has 0 amide bonds. The lowest BCUT2D eigenvalue weighted by atomic mass is 9.61. The number of fused-ring (bicyclic) bond motifs is 1. The second-order valence-corrected chi connectivity index (χ2v) is 4.06. The van der Waals surface area contributed by atoms with Crippen molar-refractivity contribution >= 4 is 0 Å². The molecule has 2 heteroatoms. The quantitative estimate of drug-likeness (QED) is 0.518. The van der Waals surface area contributed by atoms with Crippen LogP contribution in [0.25, 0.3) is 0 Å². The van der Waals surface area contributed by atoms with Gasteiger partial charge in [-0.15, -0.1) is 0 Å². The summed E-state index contributed by atoms with van der Waals surface area (Å²) in [5, 5.41) is 18.7. The molecule has 0 unspecified atom stereocenters. The van der Waals surface area contributed by atoms with Crippen molar-refractivity contribution in [1.29, 1.82) is 0 Å². The highest BCUT2D eigenvalue weighted by molar-refractivity contribution is 5.06. The van der Waals surface area contributed by atoms with Gasteiger partial charge in [0, 0.05) is 5.92 Å². The van der Waals surface area contributed by atoms with Crippen LogP contribution in [0.1, 0.15) is 26.2 Å². The third-order valence-corrected chi connectivity index (χ3v) is 3.32. The maximum atomic E-state index is 9.39. The average Bonchev–Trinajstić information content (AvgIpc) is 2.03. The van der Waals surface area contributed by atoms with Gasteiger partial charge < -0.3 is 10.2 Å². The van der Waals surface area contributed by atoms with Gasteiger partial charge in [0.25, 0.3) is 0 Å². The summed E-state index contributed by atoms with van der Waals surface area (Å²) >= 11 is 0. The summed E-state index contributed by atoms with van der Waals surface area (Å²) in [5.74, 6) is 0.187. The van der Waals surface area contributed by atoms with Gasteiger partial charge in [-0.05, 0) is 24.7 Å². The third kappa shape index (κ3) is 0.611. The van der Waals surface area contributed by atoms with Gasteiger partial charge in [0.15, 0.2) is 0 Å². The Morgan fingerprint density at radius 2 is 2.00 bits per heavy atom. The minimum Gasteiger partial charge on any atom is -0.393 e. The van der Waals surface area contributed by atoms with Crippen LogP contribution >= 0.6 is 0 Å². The molecule has 4 atom stereocenters. The SMILES string of the molecule is C[C@@]12CC[C@H](O)[C@@H]1[C@H](O)C2. The van der Waals surface area contributed by atoms with Crippen LogP contribution in [0.15, 0.2) is 0 Å². The average molecular weight is 142 g/mol. The van der Waals surface area contributed by atoms with Crippen LogP contribution in [0.4, 0.5) is 0 Å². The van der Waals surface area contributed by atoms with Crippen LogP contribution in [0.3, 0.4) is 0 Å². The highest BCUT2D eigenvalue weighted by Crippen LogP contribution is 2.56. The van der Waals surface area contributed by atoms with E-state index in [0.717, 1.165) is 19.3 Å². The van der Waals surface area contributed by atoms with Crippen LogP contribution in [0.2, 0.25) is 0 Å². The van der Waals surface area contributed by atoms with Gasteiger partial charge in [-0.2, -0.15) is 0 Å². The Labute approximate surface area is 60.9 Å². The van der Waals surface area contributed by atoms with E-state index >= 15 is 0 Å². The molecule has 0 aliphatic heterocycles. The maximum Gasteiger partial charge on any atom is 0.0603 e. The van der Waals surface area contributed by atoms with E-state index in [9.17, 15) is 10.2 Å². The molecule has 0 radical (unpaired) electrons. The van der Waals surface area contributed by atoms with Crippen molar-refractivity contribution in [2.24, 2.45) is 11.3 Å². The van der Waals surface area contributed by atoms with Crippen molar-refractivity contribution in [3.05, 3.63) is 0 Å². The predicted octanol–water partition coefficient (Wildman–Crippen LogP) is 0.528. The summed E-state index contributed by atoms with van der Waals surface area (Å²) in [5.41, 5.74) is 0.277. The van der Waals surface area contributed by atoms with Gasteiger partial charge in [0.05, 0.1) is 12.2 Å². The highest BCUT2D eigenvalue weighted by Gasteiger charge is 2.56. The Bertz CT molecular complexity index is 153. The third-order valence-electron chi connectivity index (χ3n) is 3.32. The van der Waals surface area contributed by atoms with E-state index in [0.29, 0.717) is 0 Å². The molecular formula is C8H14O2. The second-order valence-electron chi connectivity index (χ2n) is 4.06. The molecule has 2 rings (SSSR count). The van der Waals surface area contributed by atoms with E-state index in [1.165, 1.54) is 0 Å². The zero-order chi connectivity index (χ0) is 7.35. The Hall–Kier alpha value is -0.0800. The molecule has 2 aliphatic carbocycles. The molecular weight excluding hydrogens is 128 g/mol. The van der Waals surface area contributed by atoms with E-state index in [-0.39, 0.29) is 23.5 Å². The molecule has 0 bridgehead atoms. The molecule has 2 nitrogen and oxygen atoms in total. The number of aliphatic hydroxyl groups excluding tert-OH is 2. The monoisotopic (exact) mass is 142 g/mol. The van der Waals surface area contributed by atoms with Crippen LogP contribution in [-0.4, -0.2) is 22.4 Å². The number of aliphatic hydroxyl groups is 2. The molecule has 0 aromatic rings. The zero-order valence-corrected chi connectivity index (χ0v) is 6.25. The first-order chi connectivity index (χ1) is 4.63. The van der Waals surface area contributed by atoms with Crippen LogP contribution in [-0.2, 0) is 0 Å². The summed E-state index contributed by atoms with van der Waals surface area (Å²) in [6.45, 7) is 2.17. The topological polar surface area (TPSA) is 40.5 Å². The van der Waals surface area contributed by atoms with Crippen molar-refractivity contribution in [2.45, 2.75) is 38.4 Å². The summed E-state index contributed by atoms with van der Waals surface area (Å²) in [4.78, 5) is 0. The standard InChI is InChI=1S/C8H14O2/c1-8-3-2-5(9)7(8)6(10)4-8/h5-7,9-10H,2-4H2,1H3/t5-,6+,7+,8-/m0/s1. The van der Waals surface area contributed by atoms with Crippen LogP contribution < -0.4 is 0 Å². The first-order valence-corrected chi connectivity index (χ1v) is 4.00. The molecule has 0 spiro atoms. The molecule has 0 aromatic heterocycles. The number of hydrogen-bond donors (Lipinski definition) is 2. The number of rotatable bonds is 0. The normalized spacial score (nSPS) is 59.7. The minimum absolute atomic E-state index is 0.187. The Morgan fingerprint density at radius 3 is 2.40 bits per heavy atom. The fourth-order valence-corrected chi connectivity index (χ4v) is 2.69. The molecule has 0 aromatic carbocycles. The summed E-state index contributed by atoms with van der Waals surface area (Å²) in [6.07, 6.45) is 2.43. The molecule has 58 valence electrons. The Kier molecular flexibility index (Phi) is 1.15. The van der Waals surface area contributed by atoms with E-state index in [4.69, 9.17) is 0 Å². The largest absolute Gasteiger partial charge is 0.393 e. The van der Waals surface area contributed by atoms with Crippen molar-refractivity contribution in [2.75, 3.05) is 0 Å². The van der Waals surface area contributed by atoms with E-state index in [1.54, 1.807) is 0 Å². The molecule has 2 saturated carbocycles. The van der Waals surface area contributed by atoms with Gasteiger partial charge in [-0.3, -0.25) is 0 Å². The zero-order valence-electron chi connectivity index (χ0n) is 6.25. The summed E-state index contributed by atoms with van der Waals surface area (Å²) in [7, 11) is 0. The van der Waals surface area contributed by atoms with E-state index in [1.807, 2.05) is 0 Å². The first-order valence-electron chi connectivity index (χ1n) is 4.00. The van der Waals surface area contributed by atoms with E-state index < -0.39 is 0 Å².